The van der Waals surface area contributed by atoms with Crippen LogP contribution in [0.1, 0.15) is 6.92 Å². The van der Waals surface area contributed by atoms with Crippen molar-refractivity contribution >= 4 is 5.91 Å². The molecule has 4 fully saturated rings. The topological polar surface area (TPSA) is 357 Å². The normalized spacial score (nSPS) is 50.2. The average molecular weight is 708 g/mol. The second-order valence-electron chi connectivity index (χ2n) is 11.9. The second kappa shape index (κ2) is 16.8. The molecule has 0 aromatic carbocycles. The van der Waals surface area contributed by atoms with Crippen LogP contribution in [0.4, 0.5) is 0 Å². The van der Waals surface area contributed by atoms with Gasteiger partial charge in [0.05, 0.1) is 26.4 Å². The van der Waals surface area contributed by atoms with Crippen LogP contribution < -0.4 is 5.32 Å². The predicted molar refractivity (Wildman–Crippen MR) is 145 cm³/mol. The number of carbonyl (C=O) groups is 1. The molecule has 22 heteroatoms. The number of ether oxygens (including phenoxy) is 7. The molecule has 20 atom stereocenters. The summed E-state index contributed by atoms with van der Waals surface area (Å²) in [5.74, 6) is -0.765. The SMILES string of the molecule is CC(=O)N[C@H]1C(O[C@@H]2OC(CO)[C@H](O)C(O)[C@@H]2O)[C@H](O)C(CO)O[C@H]1OC1[C@@H](O)C(CO)O[C@@H](O[C@@H]2C(CO)O[C@@H](O)[C@@H](O)C2O)[C@H]1O. The maximum absolute atomic E-state index is 12.3. The fourth-order valence-electron chi connectivity index (χ4n) is 5.94. The van der Waals surface area contributed by atoms with Crippen molar-refractivity contribution in [2.75, 3.05) is 26.4 Å². The Hall–Kier alpha value is -1.33. The molecular formula is C26H45NO21. The summed E-state index contributed by atoms with van der Waals surface area (Å²) >= 11 is 0. The number of hydrogen-bond acceptors (Lipinski definition) is 21. The molecular weight excluding hydrogens is 662 g/mol. The van der Waals surface area contributed by atoms with Crippen molar-refractivity contribution in [2.24, 2.45) is 0 Å². The lowest BCUT2D eigenvalue weighted by molar-refractivity contribution is -0.379. The van der Waals surface area contributed by atoms with E-state index in [0.29, 0.717) is 0 Å². The maximum Gasteiger partial charge on any atom is 0.217 e. The van der Waals surface area contributed by atoms with Gasteiger partial charge in [-0.1, -0.05) is 0 Å². The molecule has 0 aliphatic carbocycles. The largest absolute Gasteiger partial charge is 0.394 e. The van der Waals surface area contributed by atoms with Crippen molar-refractivity contribution in [3.05, 3.63) is 0 Å². The molecule has 8 unspecified atom stereocenters. The summed E-state index contributed by atoms with van der Waals surface area (Å²) in [5.41, 5.74) is 0. The van der Waals surface area contributed by atoms with Crippen molar-refractivity contribution in [3.63, 3.8) is 0 Å². The van der Waals surface area contributed by atoms with E-state index in [0.717, 1.165) is 6.92 Å². The molecule has 4 saturated heterocycles. The molecule has 0 radical (unpaired) electrons. The molecule has 0 aromatic heterocycles. The summed E-state index contributed by atoms with van der Waals surface area (Å²) in [5, 5.41) is 136. The van der Waals surface area contributed by atoms with Crippen LogP contribution in [-0.4, -0.2) is 221 Å². The first-order valence-electron chi connectivity index (χ1n) is 15.1. The quantitative estimate of drug-likeness (QED) is 0.0947. The zero-order valence-corrected chi connectivity index (χ0v) is 25.5. The van der Waals surface area contributed by atoms with Gasteiger partial charge < -0.3 is 105 Å². The van der Waals surface area contributed by atoms with Crippen molar-refractivity contribution in [3.8, 4) is 0 Å². The van der Waals surface area contributed by atoms with E-state index in [2.05, 4.69) is 5.32 Å². The smallest absolute Gasteiger partial charge is 0.217 e. The maximum atomic E-state index is 12.3. The van der Waals surface area contributed by atoms with Gasteiger partial charge >= 0.3 is 0 Å². The third-order valence-corrected chi connectivity index (χ3v) is 8.61. The van der Waals surface area contributed by atoms with Crippen LogP contribution in [-0.2, 0) is 38.0 Å². The van der Waals surface area contributed by atoms with Gasteiger partial charge in [0.15, 0.2) is 25.2 Å². The first-order valence-corrected chi connectivity index (χ1v) is 15.1. The van der Waals surface area contributed by atoms with Gasteiger partial charge in [-0.15, -0.1) is 0 Å². The zero-order valence-electron chi connectivity index (χ0n) is 25.5. The summed E-state index contributed by atoms with van der Waals surface area (Å²) in [6.07, 6.45) is -33.8. The molecule has 0 aromatic rings. The van der Waals surface area contributed by atoms with Gasteiger partial charge in [-0.05, 0) is 0 Å². The minimum atomic E-state index is -2.04. The Morgan fingerprint density at radius 1 is 0.500 bits per heavy atom. The molecule has 4 aliphatic heterocycles. The molecule has 280 valence electrons. The van der Waals surface area contributed by atoms with Crippen LogP contribution in [0.25, 0.3) is 0 Å². The van der Waals surface area contributed by atoms with Gasteiger partial charge in [0, 0.05) is 6.92 Å². The van der Waals surface area contributed by atoms with Crippen LogP contribution in [0, 0.1) is 0 Å². The van der Waals surface area contributed by atoms with E-state index in [9.17, 15) is 71.2 Å². The molecule has 22 nitrogen and oxygen atoms in total. The van der Waals surface area contributed by atoms with E-state index in [1.807, 2.05) is 0 Å². The molecule has 4 rings (SSSR count). The summed E-state index contributed by atoms with van der Waals surface area (Å²) < 4.78 is 38.7. The van der Waals surface area contributed by atoms with E-state index < -0.39 is 155 Å². The highest BCUT2D eigenvalue weighted by atomic mass is 16.8. The highest BCUT2D eigenvalue weighted by Crippen LogP contribution is 2.34. The van der Waals surface area contributed by atoms with Crippen LogP contribution in [0.5, 0.6) is 0 Å². The van der Waals surface area contributed by atoms with Crippen LogP contribution in [0.15, 0.2) is 0 Å². The number of rotatable bonds is 11. The van der Waals surface area contributed by atoms with Gasteiger partial charge in [0.2, 0.25) is 5.91 Å². The van der Waals surface area contributed by atoms with Crippen molar-refractivity contribution in [1.82, 2.24) is 5.32 Å². The fraction of sp³-hybridized carbons (Fsp3) is 0.962. The minimum Gasteiger partial charge on any atom is -0.394 e. The number of hydrogen-bond donors (Lipinski definition) is 14. The number of aliphatic hydroxyl groups excluding tert-OH is 13. The monoisotopic (exact) mass is 707 g/mol. The van der Waals surface area contributed by atoms with Gasteiger partial charge in [0.25, 0.3) is 0 Å². The van der Waals surface area contributed by atoms with Gasteiger partial charge in [0.1, 0.15) is 97.6 Å². The lowest BCUT2D eigenvalue weighted by atomic mass is 9.94. The number of amides is 1. The molecule has 4 heterocycles. The number of aliphatic hydroxyl groups is 13. The predicted octanol–water partition coefficient (Wildman–Crippen LogP) is -9.61. The number of nitrogens with one attached hydrogen (secondary N) is 1. The number of carbonyl (C=O) groups excluding carboxylic acids is 1. The molecule has 0 spiro atoms. The lowest BCUT2D eigenvalue weighted by Crippen LogP contribution is -2.70. The third-order valence-electron chi connectivity index (χ3n) is 8.61. The summed E-state index contributed by atoms with van der Waals surface area (Å²) in [6, 6.07) is -1.61. The standard InChI is InChI=1S/C26H45NO21/c1-6(32)27-11-21(47-25-18(39)15(36)12(33)7(2-28)44-25)13(34)8(3-29)43-24(11)48-22-14(35)9(4-30)45-26(19(22)40)46-20-10(5-31)42-23(41)17(38)16(20)37/h7-26,28-31,33-41H,2-5H2,1H3,(H,27,32)/t7?,8?,9?,10?,11-,12-,13+,14-,15?,16?,17-,18-,19-,20+,21?,22?,23+,24-,25-,26-/m0/s1. The van der Waals surface area contributed by atoms with E-state index >= 15 is 0 Å². The van der Waals surface area contributed by atoms with E-state index in [4.69, 9.17) is 33.2 Å². The molecule has 0 saturated carbocycles. The van der Waals surface area contributed by atoms with Gasteiger partial charge in [-0.25, -0.2) is 0 Å². The van der Waals surface area contributed by atoms with Crippen LogP contribution in [0.3, 0.4) is 0 Å². The lowest BCUT2D eigenvalue weighted by Gasteiger charge is -2.50. The molecule has 48 heavy (non-hydrogen) atoms. The molecule has 14 N–H and O–H groups in total. The summed E-state index contributed by atoms with van der Waals surface area (Å²) in [4.78, 5) is 12.3. The average Bonchev–Trinajstić information content (AvgIpc) is 3.06. The van der Waals surface area contributed by atoms with Crippen LogP contribution >= 0.6 is 0 Å². The summed E-state index contributed by atoms with van der Waals surface area (Å²) in [6.45, 7) is -2.41. The summed E-state index contributed by atoms with van der Waals surface area (Å²) in [7, 11) is 0. The van der Waals surface area contributed by atoms with Crippen molar-refractivity contribution < 1.29 is 104 Å². The fourth-order valence-corrected chi connectivity index (χ4v) is 5.94. The minimum absolute atomic E-state index is 0.765. The van der Waals surface area contributed by atoms with E-state index in [1.165, 1.54) is 0 Å². The molecule has 4 aliphatic rings. The highest BCUT2D eigenvalue weighted by Gasteiger charge is 2.55. The first kappa shape index (κ1) is 39.5. The first-order chi connectivity index (χ1) is 22.7. The Kier molecular flexibility index (Phi) is 13.8. The van der Waals surface area contributed by atoms with Crippen LogP contribution in [0.2, 0.25) is 0 Å². The van der Waals surface area contributed by atoms with E-state index in [-0.39, 0.29) is 0 Å². The zero-order chi connectivity index (χ0) is 35.6. The molecule has 1 amide bonds. The third kappa shape index (κ3) is 8.08. The van der Waals surface area contributed by atoms with Crippen molar-refractivity contribution in [2.45, 2.75) is 130 Å². The Labute approximate surface area is 272 Å². The Morgan fingerprint density at radius 2 is 0.958 bits per heavy atom. The van der Waals surface area contributed by atoms with Gasteiger partial charge in [-0.2, -0.15) is 0 Å². The Morgan fingerprint density at radius 3 is 1.50 bits per heavy atom. The Balaban J connectivity index is 1.61. The second-order valence-corrected chi connectivity index (χ2v) is 11.9. The Bertz CT molecular complexity index is 1030. The van der Waals surface area contributed by atoms with Gasteiger partial charge in [-0.3, -0.25) is 4.79 Å². The van der Waals surface area contributed by atoms with Crippen molar-refractivity contribution in [1.29, 1.82) is 0 Å². The van der Waals surface area contributed by atoms with E-state index in [1.54, 1.807) is 0 Å². The highest BCUT2D eigenvalue weighted by molar-refractivity contribution is 5.73. The molecule has 0 bridgehead atoms.